The summed E-state index contributed by atoms with van der Waals surface area (Å²) in [5.74, 6) is 2.37. The van der Waals surface area contributed by atoms with Gasteiger partial charge in [-0.3, -0.25) is 0 Å². The third kappa shape index (κ3) is 3.55. The number of nitrogens with one attached hydrogen (secondary N) is 2. The van der Waals surface area contributed by atoms with Crippen molar-refractivity contribution in [3.05, 3.63) is 58.0 Å². The normalized spacial score (nSPS) is 21.6. The number of aromatic nitrogens is 7. The fourth-order valence-electron chi connectivity index (χ4n) is 4.33. The van der Waals surface area contributed by atoms with E-state index < -0.39 is 0 Å². The lowest BCUT2D eigenvalue weighted by molar-refractivity contribution is 0.542. The molecular weight excluding hydrogens is 453 g/mol. The van der Waals surface area contributed by atoms with Crippen molar-refractivity contribution >= 4 is 35.2 Å². The maximum atomic E-state index is 6.07. The van der Waals surface area contributed by atoms with Gasteiger partial charge in [-0.25, -0.2) is 9.97 Å². The molecule has 32 heavy (non-hydrogen) atoms. The van der Waals surface area contributed by atoms with Crippen LogP contribution in [0.3, 0.4) is 0 Å². The highest BCUT2D eigenvalue weighted by molar-refractivity contribution is 6.42. The third-order valence-corrected chi connectivity index (χ3v) is 6.70. The zero-order valence-corrected chi connectivity index (χ0v) is 18.1. The maximum absolute atomic E-state index is 6.07. The Balaban J connectivity index is 1.11. The molecule has 12 heteroatoms. The second kappa shape index (κ2) is 7.72. The van der Waals surface area contributed by atoms with Gasteiger partial charge in [-0.05, 0) is 35.6 Å². The Labute approximate surface area is 192 Å². The Bertz CT molecular complexity index is 1250. The van der Waals surface area contributed by atoms with Crippen LogP contribution in [0.2, 0.25) is 10.0 Å². The highest BCUT2D eigenvalue weighted by Gasteiger charge is 2.58. The largest absolute Gasteiger partial charge is 0.402 e. The molecule has 1 saturated carbocycles. The molecule has 2 N–H and O–H groups in total. The summed E-state index contributed by atoms with van der Waals surface area (Å²) in [6, 6.07) is 7.70. The van der Waals surface area contributed by atoms with Crippen molar-refractivity contribution in [2.24, 2.45) is 11.8 Å². The van der Waals surface area contributed by atoms with E-state index in [1.54, 1.807) is 30.6 Å². The molecule has 10 nitrogen and oxygen atoms in total. The number of fused-ring (bicyclic) bond motifs is 1. The van der Waals surface area contributed by atoms with Gasteiger partial charge >= 0.3 is 6.01 Å². The predicted molar refractivity (Wildman–Crippen MR) is 117 cm³/mol. The number of hydrogen-bond donors (Lipinski definition) is 2. The molecule has 2 unspecified atom stereocenters. The summed E-state index contributed by atoms with van der Waals surface area (Å²) in [6.07, 6.45) is 3.46. The predicted octanol–water partition coefficient (Wildman–Crippen LogP) is 3.41. The summed E-state index contributed by atoms with van der Waals surface area (Å²) in [5, 5.41) is 23.4. The Kier molecular flexibility index (Phi) is 4.69. The molecule has 0 bridgehead atoms. The molecule has 1 aliphatic carbocycles. The SMILES string of the molecule is Clc1ccc(CNc2nccc(-c3nnc(N4CC5C(C4)C5c4cn[nH]n4)o3)n2)cc1Cl. The van der Waals surface area contributed by atoms with Crippen LogP contribution in [0.15, 0.2) is 41.1 Å². The number of aromatic amines is 1. The molecule has 4 heterocycles. The number of nitrogens with zero attached hydrogens (tertiary/aromatic N) is 7. The molecule has 162 valence electrons. The zero-order chi connectivity index (χ0) is 21.7. The molecule has 1 aromatic carbocycles. The van der Waals surface area contributed by atoms with Crippen LogP contribution in [0.1, 0.15) is 17.2 Å². The molecule has 1 saturated heterocycles. The molecule has 0 amide bonds. The first kappa shape index (κ1) is 19.4. The highest BCUT2D eigenvalue weighted by atomic mass is 35.5. The molecule has 2 atom stereocenters. The number of rotatable bonds is 6. The minimum Gasteiger partial charge on any atom is -0.402 e. The maximum Gasteiger partial charge on any atom is 0.318 e. The molecule has 4 aromatic rings. The molecular formula is C20H17Cl2N9O. The van der Waals surface area contributed by atoms with Crippen LogP contribution in [0.5, 0.6) is 0 Å². The smallest absolute Gasteiger partial charge is 0.318 e. The second-order valence-corrected chi connectivity index (χ2v) is 8.73. The van der Waals surface area contributed by atoms with Gasteiger partial charge in [-0.2, -0.15) is 15.4 Å². The number of hydrogen-bond acceptors (Lipinski definition) is 9. The molecule has 0 radical (unpaired) electrons. The molecule has 2 fully saturated rings. The van der Waals surface area contributed by atoms with Crippen molar-refractivity contribution in [3.8, 4) is 11.6 Å². The van der Waals surface area contributed by atoms with E-state index in [0.29, 0.717) is 57.9 Å². The molecule has 3 aromatic heterocycles. The Hall–Kier alpha value is -3.24. The van der Waals surface area contributed by atoms with Gasteiger partial charge in [0.25, 0.3) is 5.89 Å². The van der Waals surface area contributed by atoms with Gasteiger partial charge in [0.05, 0.1) is 21.9 Å². The van der Waals surface area contributed by atoms with Gasteiger partial charge in [0.1, 0.15) is 5.69 Å². The van der Waals surface area contributed by atoms with Crippen LogP contribution < -0.4 is 10.2 Å². The number of piperidine rings is 1. The van der Waals surface area contributed by atoms with Crippen molar-refractivity contribution < 1.29 is 4.42 Å². The van der Waals surface area contributed by atoms with Crippen molar-refractivity contribution in [2.75, 3.05) is 23.3 Å². The van der Waals surface area contributed by atoms with Crippen LogP contribution in [0.25, 0.3) is 11.6 Å². The topological polar surface area (TPSA) is 122 Å². The summed E-state index contributed by atoms with van der Waals surface area (Å²) >= 11 is 12.0. The first-order chi connectivity index (χ1) is 15.7. The van der Waals surface area contributed by atoms with Crippen LogP contribution in [-0.2, 0) is 6.54 Å². The third-order valence-electron chi connectivity index (χ3n) is 5.96. The van der Waals surface area contributed by atoms with E-state index >= 15 is 0 Å². The number of H-pyrrole nitrogens is 1. The van der Waals surface area contributed by atoms with E-state index in [-0.39, 0.29) is 0 Å². The fourth-order valence-corrected chi connectivity index (χ4v) is 4.65. The average molecular weight is 470 g/mol. The Morgan fingerprint density at radius 3 is 2.78 bits per heavy atom. The van der Waals surface area contributed by atoms with E-state index in [9.17, 15) is 0 Å². The minimum atomic E-state index is 0.355. The number of anilines is 2. The van der Waals surface area contributed by atoms with Crippen molar-refractivity contribution in [1.29, 1.82) is 0 Å². The fraction of sp³-hybridized carbons (Fsp3) is 0.300. The summed E-state index contributed by atoms with van der Waals surface area (Å²) in [5.41, 5.74) is 2.55. The van der Waals surface area contributed by atoms with E-state index in [0.717, 1.165) is 24.3 Å². The van der Waals surface area contributed by atoms with Crippen LogP contribution in [-0.4, -0.2) is 48.7 Å². The minimum absolute atomic E-state index is 0.355. The second-order valence-electron chi connectivity index (χ2n) is 7.91. The van der Waals surface area contributed by atoms with Gasteiger partial charge in [0.2, 0.25) is 5.95 Å². The number of benzene rings is 1. The van der Waals surface area contributed by atoms with E-state index in [1.165, 1.54) is 0 Å². The average Bonchev–Trinajstić information content (AvgIpc) is 3.35. The summed E-state index contributed by atoms with van der Waals surface area (Å²) in [7, 11) is 0. The lowest BCUT2D eigenvalue weighted by Gasteiger charge is -2.15. The quantitative estimate of drug-likeness (QED) is 0.437. The molecule has 1 aliphatic heterocycles. The number of halogens is 2. The van der Waals surface area contributed by atoms with Gasteiger partial charge < -0.3 is 14.6 Å². The zero-order valence-electron chi connectivity index (χ0n) is 16.6. The first-order valence-corrected chi connectivity index (χ1v) is 10.9. The monoisotopic (exact) mass is 469 g/mol. The Morgan fingerprint density at radius 2 is 2.00 bits per heavy atom. The van der Waals surface area contributed by atoms with E-state index in [4.69, 9.17) is 27.6 Å². The van der Waals surface area contributed by atoms with Gasteiger partial charge in [0, 0.05) is 31.7 Å². The van der Waals surface area contributed by atoms with Crippen molar-refractivity contribution in [3.63, 3.8) is 0 Å². The summed E-state index contributed by atoms with van der Waals surface area (Å²) < 4.78 is 5.91. The van der Waals surface area contributed by atoms with Crippen LogP contribution >= 0.6 is 23.2 Å². The highest BCUT2D eigenvalue weighted by Crippen LogP contribution is 2.58. The lowest BCUT2D eigenvalue weighted by Crippen LogP contribution is -2.23. The van der Waals surface area contributed by atoms with Gasteiger partial charge in [-0.15, -0.1) is 5.10 Å². The van der Waals surface area contributed by atoms with Gasteiger partial charge in [0.15, 0.2) is 0 Å². The van der Waals surface area contributed by atoms with Crippen molar-refractivity contribution in [2.45, 2.75) is 12.5 Å². The molecule has 2 aliphatic rings. The van der Waals surface area contributed by atoms with Crippen molar-refractivity contribution in [1.82, 2.24) is 35.6 Å². The van der Waals surface area contributed by atoms with Crippen LogP contribution in [0, 0.1) is 11.8 Å². The van der Waals surface area contributed by atoms with E-state index in [2.05, 4.69) is 45.8 Å². The summed E-state index contributed by atoms with van der Waals surface area (Å²) in [6.45, 7) is 2.23. The molecule has 0 spiro atoms. The Morgan fingerprint density at radius 1 is 1.12 bits per heavy atom. The standard InChI is InChI=1S/C20H17Cl2N9O/c21-13-2-1-10(5-14(13)22)6-24-19-23-4-3-15(26-19)18-28-29-20(32-18)31-8-11-12(9-31)17(11)16-7-25-30-27-16/h1-5,7,11-12,17H,6,8-9H2,(H,23,24,26)(H,25,27,30). The summed E-state index contributed by atoms with van der Waals surface area (Å²) in [4.78, 5) is 10.9. The van der Waals surface area contributed by atoms with E-state index in [1.807, 2.05) is 6.07 Å². The first-order valence-electron chi connectivity index (χ1n) is 10.1. The molecule has 6 rings (SSSR count). The lowest BCUT2D eigenvalue weighted by atomic mass is 10.2. The van der Waals surface area contributed by atoms with Gasteiger partial charge in [-0.1, -0.05) is 34.4 Å². The van der Waals surface area contributed by atoms with Crippen LogP contribution in [0.4, 0.5) is 12.0 Å².